The summed E-state index contributed by atoms with van der Waals surface area (Å²) in [6, 6.07) is 12.5. The topological polar surface area (TPSA) is 12.0 Å². The quantitative estimate of drug-likeness (QED) is 0.717. The van der Waals surface area contributed by atoms with Crippen LogP contribution < -0.4 is 5.32 Å². The first kappa shape index (κ1) is 16.3. The molecule has 0 heterocycles. The second-order valence-corrected chi connectivity index (χ2v) is 5.89. The lowest BCUT2D eigenvalue weighted by atomic mass is 10.0. The van der Waals surface area contributed by atoms with Gasteiger partial charge in [-0.25, -0.2) is 4.39 Å². The highest BCUT2D eigenvalue weighted by Gasteiger charge is 2.15. The van der Waals surface area contributed by atoms with Crippen LogP contribution in [0.5, 0.6) is 0 Å². The predicted molar refractivity (Wildman–Crippen MR) is 87.4 cm³/mol. The standard InChI is InChI=1S/C17H18Cl2FN/c1-3-17(13-5-4-6-14(20)9-13)21-11(2)12-7-8-15(18)16(19)10-12/h4-11,17,21H,3H2,1-2H3. The summed E-state index contributed by atoms with van der Waals surface area (Å²) in [5.74, 6) is -0.213. The van der Waals surface area contributed by atoms with Gasteiger partial charge in [-0.15, -0.1) is 0 Å². The third-order valence-corrected chi connectivity index (χ3v) is 4.29. The van der Waals surface area contributed by atoms with E-state index in [2.05, 4.69) is 19.2 Å². The van der Waals surface area contributed by atoms with Crippen molar-refractivity contribution >= 4 is 23.2 Å². The lowest BCUT2D eigenvalue weighted by Gasteiger charge is -2.23. The van der Waals surface area contributed by atoms with E-state index >= 15 is 0 Å². The lowest BCUT2D eigenvalue weighted by molar-refractivity contribution is 0.454. The SMILES string of the molecule is CCC(NC(C)c1ccc(Cl)c(Cl)c1)c1cccc(F)c1. The molecule has 4 heteroatoms. The summed E-state index contributed by atoms with van der Waals surface area (Å²) in [5.41, 5.74) is 2.00. The second-order valence-electron chi connectivity index (χ2n) is 5.08. The monoisotopic (exact) mass is 325 g/mol. The van der Waals surface area contributed by atoms with Crippen LogP contribution in [0.15, 0.2) is 42.5 Å². The van der Waals surface area contributed by atoms with Crippen LogP contribution in [-0.2, 0) is 0 Å². The van der Waals surface area contributed by atoms with Crippen LogP contribution in [0.3, 0.4) is 0 Å². The molecule has 0 aliphatic rings. The van der Waals surface area contributed by atoms with Gasteiger partial charge in [0.15, 0.2) is 0 Å². The molecule has 0 fully saturated rings. The van der Waals surface area contributed by atoms with Crippen LogP contribution in [0.1, 0.15) is 43.5 Å². The number of halogens is 3. The molecule has 0 bridgehead atoms. The minimum atomic E-state index is -0.213. The van der Waals surface area contributed by atoms with Gasteiger partial charge in [-0.3, -0.25) is 0 Å². The average molecular weight is 326 g/mol. The Morgan fingerprint density at radius 3 is 2.43 bits per heavy atom. The first-order valence-electron chi connectivity index (χ1n) is 6.97. The maximum atomic E-state index is 13.4. The Labute approximate surface area is 135 Å². The van der Waals surface area contributed by atoms with E-state index in [1.165, 1.54) is 6.07 Å². The van der Waals surface area contributed by atoms with Gasteiger partial charge in [0.05, 0.1) is 10.0 Å². The number of hydrogen-bond donors (Lipinski definition) is 1. The molecule has 0 aromatic heterocycles. The predicted octanol–water partition coefficient (Wildman–Crippen LogP) is 5.93. The second kappa shape index (κ2) is 7.26. The Hall–Kier alpha value is -1.09. The molecule has 0 saturated heterocycles. The zero-order valence-corrected chi connectivity index (χ0v) is 13.5. The molecule has 2 rings (SSSR count). The molecule has 0 aliphatic heterocycles. The zero-order valence-electron chi connectivity index (χ0n) is 12.0. The number of rotatable bonds is 5. The summed E-state index contributed by atoms with van der Waals surface area (Å²) < 4.78 is 13.4. The van der Waals surface area contributed by atoms with Crippen molar-refractivity contribution in [1.29, 1.82) is 0 Å². The van der Waals surface area contributed by atoms with Crippen molar-refractivity contribution in [3.63, 3.8) is 0 Å². The lowest BCUT2D eigenvalue weighted by Crippen LogP contribution is -2.24. The molecule has 2 aromatic rings. The molecule has 1 nitrogen and oxygen atoms in total. The van der Waals surface area contributed by atoms with Gasteiger partial charge < -0.3 is 5.32 Å². The maximum Gasteiger partial charge on any atom is 0.123 e. The fraction of sp³-hybridized carbons (Fsp3) is 0.294. The molecule has 2 unspecified atom stereocenters. The fourth-order valence-corrected chi connectivity index (χ4v) is 2.66. The van der Waals surface area contributed by atoms with Gasteiger partial charge in [0.2, 0.25) is 0 Å². The molecule has 21 heavy (non-hydrogen) atoms. The van der Waals surface area contributed by atoms with Gasteiger partial charge in [-0.05, 0) is 48.7 Å². The molecular weight excluding hydrogens is 308 g/mol. The van der Waals surface area contributed by atoms with Crippen molar-refractivity contribution in [2.45, 2.75) is 32.4 Å². The summed E-state index contributed by atoms with van der Waals surface area (Å²) in [4.78, 5) is 0. The minimum Gasteiger partial charge on any atom is -0.303 e. The molecule has 0 saturated carbocycles. The van der Waals surface area contributed by atoms with Crippen molar-refractivity contribution in [3.8, 4) is 0 Å². The Kier molecular flexibility index (Phi) is 5.63. The van der Waals surface area contributed by atoms with E-state index in [9.17, 15) is 4.39 Å². The molecule has 0 amide bonds. The van der Waals surface area contributed by atoms with Crippen LogP contribution >= 0.6 is 23.2 Å². The summed E-state index contributed by atoms with van der Waals surface area (Å²) in [5, 5.41) is 4.59. The molecule has 112 valence electrons. The highest BCUT2D eigenvalue weighted by Crippen LogP contribution is 2.27. The minimum absolute atomic E-state index is 0.0881. The summed E-state index contributed by atoms with van der Waals surface area (Å²) >= 11 is 12.0. The first-order valence-corrected chi connectivity index (χ1v) is 7.73. The van der Waals surface area contributed by atoms with Crippen LogP contribution in [0.4, 0.5) is 4.39 Å². The molecule has 1 N–H and O–H groups in total. The Balaban J connectivity index is 2.16. The third kappa shape index (κ3) is 4.19. The van der Waals surface area contributed by atoms with Crippen molar-refractivity contribution < 1.29 is 4.39 Å². The molecule has 2 aromatic carbocycles. The van der Waals surface area contributed by atoms with Crippen LogP contribution in [0.25, 0.3) is 0 Å². The maximum absolute atomic E-state index is 13.4. The summed E-state index contributed by atoms with van der Waals surface area (Å²) in [6.45, 7) is 4.13. The number of benzene rings is 2. The van der Waals surface area contributed by atoms with Gasteiger partial charge in [-0.2, -0.15) is 0 Å². The average Bonchev–Trinajstić information content (AvgIpc) is 2.47. The van der Waals surface area contributed by atoms with E-state index in [1.807, 2.05) is 18.2 Å². The number of hydrogen-bond acceptors (Lipinski definition) is 1. The van der Waals surface area contributed by atoms with E-state index in [4.69, 9.17) is 23.2 Å². The van der Waals surface area contributed by atoms with Gasteiger partial charge in [-0.1, -0.05) is 48.3 Å². The van der Waals surface area contributed by atoms with Gasteiger partial charge in [0.25, 0.3) is 0 Å². The van der Waals surface area contributed by atoms with Crippen molar-refractivity contribution in [3.05, 3.63) is 69.5 Å². The summed E-state index contributed by atoms with van der Waals surface area (Å²) in [7, 11) is 0. The normalized spacial score (nSPS) is 14.0. The van der Waals surface area contributed by atoms with Crippen molar-refractivity contribution in [1.82, 2.24) is 5.32 Å². The Morgan fingerprint density at radius 1 is 1.05 bits per heavy atom. The van der Waals surface area contributed by atoms with Crippen LogP contribution in [0.2, 0.25) is 10.0 Å². The largest absolute Gasteiger partial charge is 0.303 e. The third-order valence-electron chi connectivity index (χ3n) is 3.55. The molecule has 0 radical (unpaired) electrons. The van der Waals surface area contributed by atoms with Crippen LogP contribution in [-0.4, -0.2) is 0 Å². The molecular formula is C17H18Cl2FN. The van der Waals surface area contributed by atoms with Crippen molar-refractivity contribution in [2.24, 2.45) is 0 Å². The highest BCUT2D eigenvalue weighted by atomic mass is 35.5. The van der Waals surface area contributed by atoms with Crippen LogP contribution in [0, 0.1) is 5.82 Å². The van der Waals surface area contributed by atoms with Gasteiger partial charge in [0.1, 0.15) is 5.82 Å². The molecule has 0 spiro atoms. The van der Waals surface area contributed by atoms with Gasteiger partial charge >= 0.3 is 0 Å². The molecule has 0 aliphatic carbocycles. The van der Waals surface area contributed by atoms with E-state index in [-0.39, 0.29) is 17.9 Å². The van der Waals surface area contributed by atoms with E-state index in [0.29, 0.717) is 10.0 Å². The zero-order chi connectivity index (χ0) is 15.4. The Bertz CT molecular complexity index is 615. The first-order chi connectivity index (χ1) is 10.0. The summed E-state index contributed by atoms with van der Waals surface area (Å²) in [6.07, 6.45) is 0.870. The smallest absolute Gasteiger partial charge is 0.123 e. The van der Waals surface area contributed by atoms with Crippen molar-refractivity contribution in [2.75, 3.05) is 0 Å². The van der Waals surface area contributed by atoms with E-state index in [1.54, 1.807) is 18.2 Å². The highest BCUT2D eigenvalue weighted by molar-refractivity contribution is 6.42. The number of nitrogens with one attached hydrogen (secondary N) is 1. The van der Waals surface area contributed by atoms with Gasteiger partial charge in [0, 0.05) is 12.1 Å². The Morgan fingerprint density at radius 2 is 1.81 bits per heavy atom. The van der Waals surface area contributed by atoms with E-state index in [0.717, 1.165) is 17.5 Å². The fourth-order valence-electron chi connectivity index (χ4n) is 2.35. The molecule has 2 atom stereocenters. The van der Waals surface area contributed by atoms with E-state index < -0.39 is 0 Å².